The van der Waals surface area contributed by atoms with E-state index in [9.17, 15) is 4.79 Å². The highest BCUT2D eigenvalue weighted by Gasteiger charge is 2.16. The van der Waals surface area contributed by atoms with Gasteiger partial charge in [-0.25, -0.2) is 0 Å². The molecule has 118 valence electrons. The molecule has 0 aromatic heterocycles. The summed E-state index contributed by atoms with van der Waals surface area (Å²) in [7, 11) is 1.60. The molecule has 2 atom stereocenters. The van der Waals surface area contributed by atoms with Gasteiger partial charge in [-0.1, -0.05) is 26.0 Å². The molecule has 1 rings (SSSR count). The monoisotopic (exact) mass is 294 g/mol. The lowest BCUT2D eigenvalue weighted by molar-refractivity contribution is -0.123. The first-order chi connectivity index (χ1) is 9.93. The summed E-state index contributed by atoms with van der Waals surface area (Å²) in [6.45, 7) is 6.38. The van der Waals surface area contributed by atoms with Crippen LogP contribution in [0.3, 0.4) is 0 Å². The van der Waals surface area contributed by atoms with Gasteiger partial charge >= 0.3 is 0 Å². The molecule has 5 nitrogen and oxygen atoms in total. The van der Waals surface area contributed by atoms with E-state index in [0.717, 1.165) is 0 Å². The van der Waals surface area contributed by atoms with E-state index < -0.39 is 6.04 Å². The summed E-state index contributed by atoms with van der Waals surface area (Å²) in [6.07, 6.45) is 0.504. The van der Waals surface area contributed by atoms with E-state index in [1.165, 1.54) is 0 Å². The van der Waals surface area contributed by atoms with Crippen molar-refractivity contribution in [2.75, 3.05) is 13.7 Å². The molecule has 0 saturated heterocycles. The van der Waals surface area contributed by atoms with E-state index in [2.05, 4.69) is 5.32 Å². The van der Waals surface area contributed by atoms with Crippen molar-refractivity contribution in [3.63, 3.8) is 0 Å². The van der Waals surface area contributed by atoms with E-state index in [1.54, 1.807) is 7.11 Å². The summed E-state index contributed by atoms with van der Waals surface area (Å²) in [5.41, 5.74) is 5.83. The molecule has 1 aromatic carbocycles. The van der Waals surface area contributed by atoms with E-state index in [-0.39, 0.29) is 12.0 Å². The summed E-state index contributed by atoms with van der Waals surface area (Å²) in [6, 6.07) is 6.95. The van der Waals surface area contributed by atoms with Crippen LogP contribution in [0.2, 0.25) is 0 Å². The van der Waals surface area contributed by atoms with E-state index in [4.69, 9.17) is 15.2 Å². The number of carbonyl (C=O) groups is 1. The van der Waals surface area contributed by atoms with E-state index >= 15 is 0 Å². The second-order valence-electron chi connectivity index (χ2n) is 5.56. The molecule has 0 spiro atoms. The number of methoxy groups -OCH3 is 1. The van der Waals surface area contributed by atoms with Crippen molar-refractivity contribution in [2.24, 2.45) is 11.7 Å². The number of nitrogens with one attached hydrogen (secondary N) is 1. The summed E-state index contributed by atoms with van der Waals surface area (Å²) in [5, 5.41) is 2.82. The van der Waals surface area contributed by atoms with Crippen LogP contribution < -0.4 is 20.5 Å². The van der Waals surface area contributed by atoms with E-state index in [1.807, 2.05) is 45.0 Å². The van der Waals surface area contributed by atoms with Crippen LogP contribution in [0.1, 0.15) is 27.2 Å². The van der Waals surface area contributed by atoms with Crippen LogP contribution in [0.4, 0.5) is 0 Å². The quantitative estimate of drug-likeness (QED) is 0.768. The molecule has 0 fully saturated rings. The molecule has 0 aliphatic rings. The maximum absolute atomic E-state index is 11.8. The van der Waals surface area contributed by atoms with Gasteiger partial charge in [0.05, 0.1) is 19.7 Å². The van der Waals surface area contributed by atoms with Gasteiger partial charge in [0.1, 0.15) is 6.10 Å². The first-order valence-electron chi connectivity index (χ1n) is 7.27. The van der Waals surface area contributed by atoms with Gasteiger partial charge in [0.25, 0.3) is 0 Å². The third-order valence-electron chi connectivity index (χ3n) is 3.02. The van der Waals surface area contributed by atoms with Gasteiger partial charge in [0, 0.05) is 0 Å². The Labute approximate surface area is 126 Å². The number of rotatable bonds is 8. The molecule has 0 heterocycles. The molecule has 1 aromatic rings. The van der Waals surface area contributed by atoms with Gasteiger partial charge in [-0.2, -0.15) is 0 Å². The minimum atomic E-state index is -0.469. The molecule has 1 unspecified atom stereocenters. The number of para-hydroxylation sites is 2. The Morgan fingerprint density at radius 1 is 1.24 bits per heavy atom. The molecule has 21 heavy (non-hydrogen) atoms. The fourth-order valence-electron chi connectivity index (χ4n) is 1.96. The molecular weight excluding hydrogens is 268 g/mol. The molecule has 1 amide bonds. The Kier molecular flexibility index (Phi) is 7.02. The smallest absolute Gasteiger partial charge is 0.237 e. The first kappa shape index (κ1) is 17.3. The van der Waals surface area contributed by atoms with Gasteiger partial charge in [-0.3, -0.25) is 4.79 Å². The fraction of sp³-hybridized carbons (Fsp3) is 0.562. The molecule has 3 N–H and O–H groups in total. The molecule has 0 bridgehead atoms. The zero-order valence-corrected chi connectivity index (χ0v) is 13.3. The highest BCUT2D eigenvalue weighted by atomic mass is 16.5. The van der Waals surface area contributed by atoms with Gasteiger partial charge in [-0.15, -0.1) is 0 Å². The molecule has 0 saturated carbocycles. The minimum absolute atomic E-state index is 0.140. The standard InChI is InChI=1S/C16H26N2O3/c1-11(2)9-13(17)16(19)18-10-12(3)21-15-8-6-5-7-14(15)20-4/h5-8,11-13H,9-10,17H2,1-4H3,(H,18,19)/t12?,13-/m0/s1. The number of amides is 1. The Balaban J connectivity index is 2.43. The maximum Gasteiger partial charge on any atom is 0.237 e. The Morgan fingerprint density at radius 2 is 1.86 bits per heavy atom. The van der Waals surface area contributed by atoms with Crippen molar-refractivity contribution >= 4 is 5.91 Å². The van der Waals surface area contributed by atoms with Crippen LogP contribution in [0, 0.1) is 5.92 Å². The van der Waals surface area contributed by atoms with Crippen molar-refractivity contribution in [3.8, 4) is 11.5 Å². The topological polar surface area (TPSA) is 73.6 Å². The van der Waals surface area contributed by atoms with E-state index in [0.29, 0.717) is 30.4 Å². The molecule has 0 aliphatic heterocycles. The molecule has 0 radical (unpaired) electrons. The number of ether oxygens (including phenoxy) is 2. The maximum atomic E-state index is 11.8. The van der Waals surface area contributed by atoms with Crippen LogP contribution in [-0.2, 0) is 4.79 Å². The summed E-state index contributed by atoms with van der Waals surface area (Å²) in [5.74, 6) is 1.59. The number of nitrogens with two attached hydrogens (primary N) is 1. The van der Waals surface area contributed by atoms with Crippen LogP contribution in [-0.4, -0.2) is 31.7 Å². The minimum Gasteiger partial charge on any atom is -0.493 e. The number of benzene rings is 1. The van der Waals surface area contributed by atoms with Crippen molar-refractivity contribution in [1.82, 2.24) is 5.32 Å². The molecule has 0 aliphatic carbocycles. The number of hydrogen-bond acceptors (Lipinski definition) is 4. The summed E-state index contributed by atoms with van der Waals surface area (Å²) in [4.78, 5) is 11.8. The summed E-state index contributed by atoms with van der Waals surface area (Å²) >= 11 is 0. The molecule has 5 heteroatoms. The van der Waals surface area contributed by atoms with Crippen molar-refractivity contribution in [2.45, 2.75) is 39.3 Å². The van der Waals surface area contributed by atoms with Gasteiger partial charge in [0.2, 0.25) is 5.91 Å². The second-order valence-corrected chi connectivity index (χ2v) is 5.56. The van der Waals surface area contributed by atoms with Crippen LogP contribution >= 0.6 is 0 Å². The Bertz CT molecular complexity index is 449. The summed E-state index contributed by atoms with van der Waals surface area (Å²) < 4.78 is 11.0. The predicted octanol–water partition coefficient (Wildman–Crippen LogP) is 1.95. The lowest BCUT2D eigenvalue weighted by atomic mass is 10.0. The van der Waals surface area contributed by atoms with Gasteiger partial charge in [-0.05, 0) is 31.4 Å². The fourth-order valence-corrected chi connectivity index (χ4v) is 1.96. The Hall–Kier alpha value is -1.75. The van der Waals surface area contributed by atoms with Gasteiger partial charge in [0.15, 0.2) is 11.5 Å². The highest BCUT2D eigenvalue weighted by Crippen LogP contribution is 2.26. The SMILES string of the molecule is COc1ccccc1OC(C)CNC(=O)[C@@H](N)CC(C)C. The highest BCUT2D eigenvalue weighted by molar-refractivity contribution is 5.81. The largest absolute Gasteiger partial charge is 0.493 e. The van der Waals surface area contributed by atoms with Crippen LogP contribution in [0.15, 0.2) is 24.3 Å². The van der Waals surface area contributed by atoms with Crippen LogP contribution in [0.5, 0.6) is 11.5 Å². The normalized spacial score (nSPS) is 13.6. The lowest BCUT2D eigenvalue weighted by Gasteiger charge is -2.19. The lowest BCUT2D eigenvalue weighted by Crippen LogP contribution is -2.44. The zero-order valence-electron chi connectivity index (χ0n) is 13.3. The van der Waals surface area contributed by atoms with Crippen molar-refractivity contribution in [3.05, 3.63) is 24.3 Å². The third kappa shape index (κ3) is 6.04. The number of hydrogen-bond donors (Lipinski definition) is 2. The second kappa shape index (κ2) is 8.52. The average Bonchev–Trinajstić information content (AvgIpc) is 2.44. The number of carbonyl (C=O) groups excluding carboxylic acids is 1. The third-order valence-corrected chi connectivity index (χ3v) is 3.02. The van der Waals surface area contributed by atoms with Crippen LogP contribution in [0.25, 0.3) is 0 Å². The zero-order chi connectivity index (χ0) is 15.8. The average molecular weight is 294 g/mol. The molecular formula is C16H26N2O3. The first-order valence-corrected chi connectivity index (χ1v) is 7.27. The van der Waals surface area contributed by atoms with Gasteiger partial charge < -0.3 is 20.5 Å². The van der Waals surface area contributed by atoms with Crippen molar-refractivity contribution < 1.29 is 14.3 Å². The predicted molar refractivity (Wildman–Crippen MR) is 83.5 cm³/mol. The Morgan fingerprint density at radius 3 is 2.43 bits per heavy atom. The van der Waals surface area contributed by atoms with Crippen molar-refractivity contribution in [1.29, 1.82) is 0 Å².